The van der Waals surface area contributed by atoms with Crippen molar-refractivity contribution in [3.05, 3.63) is 76.6 Å². The van der Waals surface area contributed by atoms with Crippen LogP contribution in [-0.2, 0) is 6.54 Å². The first kappa shape index (κ1) is 17.9. The van der Waals surface area contributed by atoms with Gasteiger partial charge < -0.3 is 4.57 Å². The maximum atomic E-state index is 14.2. The van der Waals surface area contributed by atoms with Crippen LogP contribution in [0.5, 0.6) is 0 Å². The van der Waals surface area contributed by atoms with Crippen molar-refractivity contribution in [1.82, 2.24) is 4.57 Å². The van der Waals surface area contributed by atoms with Crippen LogP contribution in [0.25, 0.3) is 10.2 Å². The number of carbonyl (C=O) groups excluding carboxylic acids is 2. The molecule has 2 aromatic carbocycles. The van der Waals surface area contributed by atoms with E-state index in [4.69, 9.17) is 0 Å². The third kappa shape index (κ3) is 3.39. The molecule has 1 aromatic heterocycles. The van der Waals surface area contributed by atoms with Gasteiger partial charge >= 0.3 is 0 Å². The molecule has 0 N–H and O–H groups in total. The van der Waals surface area contributed by atoms with E-state index in [-0.39, 0.29) is 22.6 Å². The van der Waals surface area contributed by atoms with E-state index in [0.29, 0.717) is 15.8 Å². The first-order valence-electron chi connectivity index (χ1n) is 7.70. The van der Waals surface area contributed by atoms with Crippen LogP contribution in [0.3, 0.4) is 0 Å². The lowest BCUT2D eigenvalue weighted by atomic mass is 10.1. The zero-order chi connectivity index (χ0) is 18.8. The Hall–Kier alpha value is -2.93. The molecule has 3 rings (SSSR count). The van der Waals surface area contributed by atoms with Crippen molar-refractivity contribution in [2.45, 2.75) is 13.5 Å². The van der Waals surface area contributed by atoms with Crippen LogP contribution >= 0.6 is 11.3 Å². The highest BCUT2D eigenvalue weighted by atomic mass is 32.1. The van der Waals surface area contributed by atoms with Crippen LogP contribution in [0.15, 0.2) is 54.0 Å². The van der Waals surface area contributed by atoms with Gasteiger partial charge in [-0.1, -0.05) is 29.5 Å². The lowest BCUT2D eigenvalue weighted by Gasteiger charge is -2.02. The van der Waals surface area contributed by atoms with Crippen molar-refractivity contribution < 1.29 is 18.4 Å². The number of allylic oxidation sites excluding steroid dienone is 1. The summed E-state index contributed by atoms with van der Waals surface area (Å²) in [6.45, 7) is 5.28. The van der Waals surface area contributed by atoms with Gasteiger partial charge in [-0.2, -0.15) is 4.99 Å². The Morgan fingerprint density at radius 2 is 1.85 bits per heavy atom. The van der Waals surface area contributed by atoms with Crippen molar-refractivity contribution in [1.29, 1.82) is 0 Å². The maximum Gasteiger partial charge on any atom is 0.279 e. The fourth-order valence-electron chi connectivity index (χ4n) is 2.51. The molecule has 1 amide bonds. The van der Waals surface area contributed by atoms with Crippen molar-refractivity contribution in [3.63, 3.8) is 0 Å². The van der Waals surface area contributed by atoms with E-state index in [1.807, 2.05) is 0 Å². The lowest BCUT2D eigenvalue weighted by molar-refractivity contribution is 0.0991. The molecule has 0 spiro atoms. The molecule has 4 nitrogen and oxygen atoms in total. The molecule has 3 aromatic rings. The van der Waals surface area contributed by atoms with Gasteiger partial charge in [-0.15, -0.1) is 6.58 Å². The Balaban J connectivity index is 2.12. The number of aromatic nitrogens is 1. The number of hydrogen-bond acceptors (Lipinski definition) is 3. The molecule has 0 saturated carbocycles. The Morgan fingerprint density at radius 3 is 2.46 bits per heavy atom. The summed E-state index contributed by atoms with van der Waals surface area (Å²) in [5, 5.41) is 0. The average molecular weight is 372 g/mol. The third-order valence-electron chi connectivity index (χ3n) is 3.74. The average Bonchev–Trinajstić information content (AvgIpc) is 2.92. The molecule has 0 saturated heterocycles. The fraction of sp³-hybridized carbons (Fsp3) is 0.105. The molecule has 0 aliphatic heterocycles. The first-order chi connectivity index (χ1) is 12.4. The molecule has 0 bridgehead atoms. The molecule has 26 heavy (non-hydrogen) atoms. The lowest BCUT2D eigenvalue weighted by Crippen LogP contribution is -2.16. The van der Waals surface area contributed by atoms with Gasteiger partial charge in [0.1, 0.15) is 5.82 Å². The Morgan fingerprint density at radius 1 is 1.19 bits per heavy atom. The van der Waals surface area contributed by atoms with Gasteiger partial charge in [0.05, 0.1) is 10.2 Å². The smallest absolute Gasteiger partial charge is 0.279 e. The molecular weight excluding hydrogens is 358 g/mol. The van der Waals surface area contributed by atoms with Crippen LogP contribution in [0.2, 0.25) is 0 Å². The molecule has 0 atom stereocenters. The van der Waals surface area contributed by atoms with E-state index in [1.165, 1.54) is 29.7 Å². The first-order valence-corrected chi connectivity index (χ1v) is 8.51. The van der Waals surface area contributed by atoms with Crippen LogP contribution in [-0.4, -0.2) is 16.3 Å². The highest BCUT2D eigenvalue weighted by molar-refractivity contribution is 7.16. The highest BCUT2D eigenvalue weighted by Gasteiger charge is 2.14. The van der Waals surface area contributed by atoms with Gasteiger partial charge in [0, 0.05) is 23.7 Å². The summed E-state index contributed by atoms with van der Waals surface area (Å²) in [5.74, 6) is -2.06. The van der Waals surface area contributed by atoms with E-state index in [2.05, 4.69) is 11.6 Å². The van der Waals surface area contributed by atoms with Gasteiger partial charge in [0.15, 0.2) is 16.4 Å². The minimum atomic E-state index is -0.724. The molecule has 0 aliphatic rings. The summed E-state index contributed by atoms with van der Waals surface area (Å²) in [5.41, 5.74) is 0.960. The summed E-state index contributed by atoms with van der Waals surface area (Å²) in [6, 6.07) is 8.10. The normalized spacial score (nSPS) is 11.7. The SMILES string of the molecule is C=CCn1c(=NC(=O)c2ccc(C(C)=O)cc2)sc2cc(F)cc(F)c21. The summed E-state index contributed by atoms with van der Waals surface area (Å²) in [7, 11) is 0. The van der Waals surface area contributed by atoms with E-state index >= 15 is 0 Å². The van der Waals surface area contributed by atoms with E-state index in [1.54, 1.807) is 18.2 Å². The summed E-state index contributed by atoms with van der Waals surface area (Å²) in [6.07, 6.45) is 1.54. The van der Waals surface area contributed by atoms with Gasteiger partial charge in [0.2, 0.25) is 0 Å². The van der Waals surface area contributed by atoms with Gasteiger partial charge in [-0.05, 0) is 25.1 Å². The number of ketones is 1. The number of halogens is 2. The molecule has 0 radical (unpaired) electrons. The molecule has 0 fully saturated rings. The summed E-state index contributed by atoms with van der Waals surface area (Å²) < 4.78 is 29.5. The monoisotopic (exact) mass is 372 g/mol. The van der Waals surface area contributed by atoms with Gasteiger partial charge in [0.25, 0.3) is 5.91 Å². The topological polar surface area (TPSA) is 51.4 Å². The van der Waals surface area contributed by atoms with Gasteiger partial charge in [-0.25, -0.2) is 8.78 Å². The molecule has 0 aliphatic carbocycles. The standard InChI is InChI=1S/C19H14F2N2O2S/c1-3-8-23-17-15(21)9-14(20)10-16(17)26-19(23)22-18(25)13-6-4-12(5-7-13)11(2)24/h3-7,9-10H,1,8H2,2H3. The van der Waals surface area contributed by atoms with Crippen molar-refractivity contribution in [2.24, 2.45) is 4.99 Å². The van der Waals surface area contributed by atoms with Crippen LogP contribution in [0.4, 0.5) is 8.78 Å². The second kappa shape index (κ2) is 7.13. The summed E-state index contributed by atoms with van der Waals surface area (Å²) in [4.78, 5) is 28.0. The largest absolute Gasteiger partial charge is 0.310 e. The van der Waals surface area contributed by atoms with E-state index < -0.39 is 17.5 Å². The quantitative estimate of drug-likeness (QED) is 0.511. The Kier molecular flexibility index (Phi) is 4.90. The van der Waals surface area contributed by atoms with Crippen molar-refractivity contribution >= 4 is 33.2 Å². The number of benzene rings is 2. The second-order valence-corrected chi connectivity index (χ2v) is 6.58. The van der Waals surface area contributed by atoms with Crippen molar-refractivity contribution in [2.75, 3.05) is 0 Å². The molecule has 1 heterocycles. The number of fused-ring (bicyclic) bond motifs is 1. The number of carbonyl (C=O) groups is 2. The van der Waals surface area contributed by atoms with Crippen LogP contribution < -0.4 is 4.80 Å². The minimum Gasteiger partial charge on any atom is -0.310 e. The number of Topliss-reactive ketones (excluding diaryl/α,β-unsaturated/α-hetero) is 1. The Labute approximate surface area is 151 Å². The number of hydrogen-bond donors (Lipinski definition) is 0. The van der Waals surface area contributed by atoms with E-state index in [0.717, 1.165) is 17.4 Å². The van der Waals surface area contributed by atoms with Crippen LogP contribution in [0.1, 0.15) is 27.6 Å². The number of amides is 1. The molecule has 0 unspecified atom stereocenters. The molecule has 132 valence electrons. The molecular formula is C19H14F2N2O2S. The Bertz CT molecular complexity index is 1100. The zero-order valence-electron chi connectivity index (χ0n) is 13.8. The number of nitrogens with zero attached hydrogens (tertiary/aromatic N) is 2. The third-order valence-corrected chi connectivity index (χ3v) is 4.77. The number of rotatable bonds is 4. The highest BCUT2D eigenvalue weighted by Crippen LogP contribution is 2.22. The predicted octanol–water partition coefficient (Wildman–Crippen LogP) is 4.11. The van der Waals surface area contributed by atoms with E-state index in [9.17, 15) is 18.4 Å². The van der Waals surface area contributed by atoms with Crippen molar-refractivity contribution in [3.8, 4) is 0 Å². The predicted molar refractivity (Wildman–Crippen MR) is 96.3 cm³/mol. The molecule has 7 heteroatoms. The second-order valence-electron chi connectivity index (χ2n) is 5.57. The number of thiazole rings is 1. The maximum absolute atomic E-state index is 14.2. The van der Waals surface area contributed by atoms with Gasteiger partial charge in [-0.3, -0.25) is 9.59 Å². The van der Waals surface area contributed by atoms with Crippen LogP contribution in [0, 0.1) is 11.6 Å². The zero-order valence-corrected chi connectivity index (χ0v) is 14.6. The minimum absolute atomic E-state index is 0.105. The fourth-order valence-corrected chi connectivity index (χ4v) is 3.59. The summed E-state index contributed by atoms with van der Waals surface area (Å²) >= 11 is 1.02.